The molecule has 0 heterocycles. The highest BCUT2D eigenvalue weighted by Crippen LogP contribution is 2.11. The predicted molar refractivity (Wildman–Crippen MR) is 48.5 cm³/mol. The summed E-state index contributed by atoms with van der Waals surface area (Å²) >= 11 is 0. The molecule has 0 amide bonds. The Kier molecular flexibility index (Phi) is 5.81. The van der Waals surface area contributed by atoms with Gasteiger partial charge in [-0.15, -0.1) is 6.58 Å². The quantitative estimate of drug-likeness (QED) is 0.537. The molecular formula is C10H18O. The molecule has 1 heteroatoms. The van der Waals surface area contributed by atoms with Gasteiger partial charge in [-0.05, 0) is 32.1 Å². The average Bonchev–Trinajstić information content (AvgIpc) is 1.87. The molecular weight excluding hydrogens is 136 g/mol. The van der Waals surface area contributed by atoms with E-state index in [4.69, 9.17) is 0 Å². The van der Waals surface area contributed by atoms with Gasteiger partial charge in [0, 0.05) is 6.42 Å². The van der Waals surface area contributed by atoms with E-state index in [1.165, 1.54) is 0 Å². The minimum absolute atomic E-state index is 0.302. The molecule has 0 saturated carbocycles. The summed E-state index contributed by atoms with van der Waals surface area (Å²) in [5.41, 5.74) is 0. The Bertz CT molecular complexity index is 127. The molecule has 0 spiro atoms. The first kappa shape index (κ1) is 10.4. The van der Waals surface area contributed by atoms with E-state index in [1.807, 2.05) is 6.08 Å². The maximum Gasteiger partial charge on any atom is 0.129 e. The molecule has 0 fully saturated rings. The van der Waals surface area contributed by atoms with Gasteiger partial charge in [-0.3, -0.25) is 0 Å². The van der Waals surface area contributed by atoms with Crippen LogP contribution in [0.1, 0.15) is 39.5 Å². The SMILES string of the molecule is C=CCC(C)CCCC(C)=O. The summed E-state index contributed by atoms with van der Waals surface area (Å²) in [5, 5.41) is 0. The molecule has 11 heavy (non-hydrogen) atoms. The summed E-state index contributed by atoms with van der Waals surface area (Å²) in [6.07, 6.45) is 5.92. The molecule has 0 aliphatic rings. The maximum atomic E-state index is 10.6. The first-order valence-electron chi connectivity index (χ1n) is 4.27. The van der Waals surface area contributed by atoms with E-state index >= 15 is 0 Å². The van der Waals surface area contributed by atoms with Crippen molar-refractivity contribution in [2.24, 2.45) is 5.92 Å². The first-order chi connectivity index (χ1) is 5.16. The molecule has 1 atom stereocenters. The minimum atomic E-state index is 0.302. The van der Waals surface area contributed by atoms with Crippen molar-refractivity contribution >= 4 is 5.78 Å². The Morgan fingerprint density at radius 3 is 2.73 bits per heavy atom. The molecule has 0 bridgehead atoms. The molecule has 64 valence electrons. The number of hydrogen-bond acceptors (Lipinski definition) is 1. The molecule has 0 radical (unpaired) electrons. The second-order valence-corrected chi connectivity index (χ2v) is 3.22. The van der Waals surface area contributed by atoms with Gasteiger partial charge in [0.2, 0.25) is 0 Å². The molecule has 1 unspecified atom stereocenters. The summed E-state index contributed by atoms with van der Waals surface area (Å²) in [6, 6.07) is 0. The number of rotatable bonds is 6. The van der Waals surface area contributed by atoms with E-state index in [9.17, 15) is 4.79 Å². The molecule has 0 saturated heterocycles. The van der Waals surface area contributed by atoms with Gasteiger partial charge in [0.15, 0.2) is 0 Å². The van der Waals surface area contributed by atoms with Crippen molar-refractivity contribution in [2.75, 3.05) is 0 Å². The van der Waals surface area contributed by atoms with Crippen LogP contribution in [0.25, 0.3) is 0 Å². The van der Waals surface area contributed by atoms with Gasteiger partial charge in [0.25, 0.3) is 0 Å². The number of allylic oxidation sites excluding steroid dienone is 1. The Hall–Kier alpha value is -0.590. The third-order valence-electron chi connectivity index (χ3n) is 1.79. The van der Waals surface area contributed by atoms with E-state index in [2.05, 4.69) is 13.5 Å². The lowest BCUT2D eigenvalue weighted by atomic mass is 10.00. The van der Waals surface area contributed by atoms with Gasteiger partial charge in [-0.25, -0.2) is 0 Å². The molecule has 0 rings (SSSR count). The summed E-state index contributed by atoms with van der Waals surface area (Å²) in [7, 11) is 0. The highest BCUT2D eigenvalue weighted by molar-refractivity contribution is 5.75. The number of hydrogen-bond donors (Lipinski definition) is 0. The lowest BCUT2D eigenvalue weighted by Gasteiger charge is -2.06. The van der Waals surface area contributed by atoms with Crippen molar-refractivity contribution in [1.29, 1.82) is 0 Å². The number of Topliss-reactive ketones (excluding diaryl/α,β-unsaturated/α-hetero) is 1. The van der Waals surface area contributed by atoms with Gasteiger partial charge in [0.1, 0.15) is 5.78 Å². The fraction of sp³-hybridized carbons (Fsp3) is 0.700. The van der Waals surface area contributed by atoms with E-state index in [0.717, 1.165) is 25.7 Å². The Labute approximate surface area is 69.5 Å². The number of ketones is 1. The second kappa shape index (κ2) is 6.14. The zero-order valence-corrected chi connectivity index (χ0v) is 7.60. The summed E-state index contributed by atoms with van der Waals surface area (Å²) in [5.74, 6) is 0.989. The largest absolute Gasteiger partial charge is 0.300 e. The topological polar surface area (TPSA) is 17.1 Å². The van der Waals surface area contributed by atoms with Crippen molar-refractivity contribution in [1.82, 2.24) is 0 Å². The highest BCUT2D eigenvalue weighted by atomic mass is 16.1. The lowest BCUT2D eigenvalue weighted by molar-refractivity contribution is -0.117. The van der Waals surface area contributed by atoms with Gasteiger partial charge in [-0.1, -0.05) is 13.0 Å². The number of carbonyl (C=O) groups excluding carboxylic acids is 1. The maximum absolute atomic E-state index is 10.6. The zero-order chi connectivity index (χ0) is 8.69. The van der Waals surface area contributed by atoms with Gasteiger partial charge < -0.3 is 4.79 Å². The van der Waals surface area contributed by atoms with Crippen LogP contribution in [0.5, 0.6) is 0 Å². The van der Waals surface area contributed by atoms with Crippen LogP contribution in [-0.2, 0) is 4.79 Å². The molecule has 0 aromatic rings. The van der Waals surface area contributed by atoms with Crippen molar-refractivity contribution in [3.63, 3.8) is 0 Å². The van der Waals surface area contributed by atoms with Crippen LogP contribution in [0.3, 0.4) is 0 Å². The van der Waals surface area contributed by atoms with Crippen LogP contribution >= 0.6 is 0 Å². The van der Waals surface area contributed by atoms with Gasteiger partial charge in [0.05, 0.1) is 0 Å². The van der Waals surface area contributed by atoms with E-state index in [0.29, 0.717) is 11.7 Å². The molecule has 0 aromatic heterocycles. The smallest absolute Gasteiger partial charge is 0.129 e. The van der Waals surface area contributed by atoms with Crippen LogP contribution in [0, 0.1) is 5.92 Å². The van der Waals surface area contributed by atoms with Crippen LogP contribution in [0.2, 0.25) is 0 Å². The van der Waals surface area contributed by atoms with Crippen molar-refractivity contribution < 1.29 is 4.79 Å². The van der Waals surface area contributed by atoms with Crippen LogP contribution < -0.4 is 0 Å². The van der Waals surface area contributed by atoms with Crippen LogP contribution in [0.4, 0.5) is 0 Å². The summed E-state index contributed by atoms with van der Waals surface area (Å²) in [4.78, 5) is 10.6. The molecule has 0 aromatic carbocycles. The summed E-state index contributed by atoms with van der Waals surface area (Å²) in [6.45, 7) is 7.52. The van der Waals surface area contributed by atoms with Gasteiger partial charge in [-0.2, -0.15) is 0 Å². The zero-order valence-electron chi connectivity index (χ0n) is 7.60. The third-order valence-corrected chi connectivity index (χ3v) is 1.79. The fourth-order valence-electron chi connectivity index (χ4n) is 1.10. The van der Waals surface area contributed by atoms with Crippen LogP contribution in [-0.4, -0.2) is 5.78 Å². The van der Waals surface area contributed by atoms with E-state index in [1.54, 1.807) is 6.92 Å². The van der Waals surface area contributed by atoms with Gasteiger partial charge >= 0.3 is 0 Å². The Balaban J connectivity index is 3.23. The standard InChI is InChI=1S/C10H18O/c1-4-6-9(2)7-5-8-10(3)11/h4,9H,1,5-8H2,2-3H3. The van der Waals surface area contributed by atoms with E-state index in [-0.39, 0.29) is 0 Å². The molecule has 0 aliphatic carbocycles. The molecule has 0 aliphatic heterocycles. The normalized spacial score (nSPS) is 12.5. The van der Waals surface area contributed by atoms with Crippen LogP contribution in [0.15, 0.2) is 12.7 Å². The molecule has 1 nitrogen and oxygen atoms in total. The first-order valence-corrected chi connectivity index (χ1v) is 4.27. The second-order valence-electron chi connectivity index (χ2n) is 3.22. The number of carbonyl (C=O) groups is 1. The predicted octanol–water partition coefficient (Wildman–Crippen LogP) is 2.96. The monoisotopic (exact) mass is 154 g/mol. The Morgan fingerprint density at radius 1 is 1.64 bits per heavy atom. The molecule has 0 N–H and O–H groups in total. The van der Waals surface area contributed by atoms with E-state index < -0.39 is 0 Å². The third kappa shape index (κ3) is 7.31. The highest BCUT2D eigenvalue weighted by Gasteiger charge is 1.99. The lowest BCUT2D eigenvalue weighted by Crippen LogP contribution is -1.95. The fourth-order valence-corrected chi connectivity index (χ4v) is 1.10. The van der Waals surface area contributed by atoms with Crippen molar-refractivity contribution in [3.8, 4) is 0 Å². The Morgan fingerprint density at radius 2 is 2.27 bits per heavy atom. The van der Waals surface area contributed by atoms with Crippen molar-refractivity contribution in [3.05, 3.63) is 12.7 Å². The van der Waals surface area contributed by atoms with Crippen molar-refractivity contribution in [2.45, 2.75) is 39.5 Å². The minimum Gasteiger partial charge on any atom is -0.300 e. The summed E-state index contributed by atoms with van der Waals surface area (Å²) < 4.78 is 0. The average molecular weight is 154 g/mol.